The van der Waals surface area contributed by atoms with Gasteiger partial charge in [-0.1, -0.05) is 15.9 Å². The van der Waals surface area contributed by atoms with E-state index in [1.807, 2.05) is 0 Å². The Morgan fingerprint density at radius 3 is 2.73 bits per heavy atom. The van der Waals surface area contributed by atoms with Crippen LogP contribution in [-0.2, 0) is 5.54 Å². The van der Waals surface area contributed by atoms with E-state index in [2.05, 4.69) is 15.9 Å². The van der Waals surface area contributed by atoms with Crippen molar-refractivity contribution in [2.75, 3.05) is 0 Å². The number of benzene rings is 1. The summed E-state index contributed by atoms with van der Waals surface area (Å²) < 4.78 is 14.4. The first kappa shape index (κ1) is 11.0. The highest BCUT2D eigenvalue weighted by Crippen LogP contribution is 2.45. The molecule has 82 valence electrons. The molecular formula is C11H13BrFNO. The Morgan fingerprint density at radius 1 is 1.60 bits per heavy atom. The molecule has 0 bridgehead atoms. The lowest BCUT2D eigenvalue weighted by molar-refractivity contribution is 0.228. The van der Waals surface area contributed by atoms with Gasteiger partial charge in [0.15, 0.2) is 0 Å². The van der Waals surface area contributed by atoms with Gasteiger partial charge in [-0.15, -0.1) is 0 Å². The minimum Gasteiger partial charge on any atom is -0.393 e. The van der Waals surface area contributed by atoms with E-state index in [0.29, 0.717) is 12.0 Å². The first-order chi connectivity index (χ1) is 6.93. The van der Waals surface area contributed by atoms with Crippen LogP contribution >= 0.6 is 15.9 Å². The molecule has 2 rings (SSSR count). The summed E-state index contributed by atoms with van der Waals surface area (Å²) >= 11 is 3.29. The van der Waals surface area contributed by atoms with Crippen molar-refractivity contribution in [3.8, 4) is 0 Å². The van der Waals surface area contributed by atoms with Crippen LogP contribution in [0.15, 0.2) is 22.7 Å². The largest absolute Gasteiger partial charge is 0.393 e. The number of halogens is 2. The Bertz CT molecular complexity index is 394. The van der Waals surface area contributed by atoms with Gasteiger partial charge in [0.1, 0.15) is 5.82 Å². The van der Waals surface area contributed by atoms with Gasteiger partial charge in [-0.05, 0) is 31.5 Å². The molecule has 0 radical (unpaired) electrons. The van der Waals surface area contributed by atoms with E-state index in [1.165, 1.54) is 6.07 Å². The summed E-state index contributed by atoms with van der Waals surface area (Å²) in [5, 5.41) is 9.37. The summed E-state index contributed by atoms with van der Waals surface area (Å²) in [5.41, 5.74) is 5.74. The summed E-state index contributed by atoms with van der Waals surface area (Å²) in [5.74, 6) is -0.358. The molecule has 1 aliphatic carbocycles. The van der Waals surface area contributed by atoms with Gasteiger partial charge in [0.25, 0.3) is 0 Å². The molecule has 0 aromatic heterocycles. The Kier molecular flexibility index (Phi) is 2.61. The second-order valence-electron chi connectivity index (χ2n) is 4.32. The Hall–Kier alpha value is -0.450. The van der Waals surface area contributed by atoms with Crippen LogP contribution in [0.25, 0.3) is 0 Å². The SMILES string of the molecule is C[C@](N)(c1cc(Br)ccc1F)[C@@H]1CC1O. The van der Waals surface area contributed by atoms with E-state index in [1.54, 1.807) is 19.1 Å². The van der Waals surface area contributed by atoms with Crippen molar-refractivity contribution < 1.29 is 9.50 Å². The number of aliphatic hydroxyl groups excluding tert-OH is 1. The molecule has 0 aliphatic heterocycles. The quantitative estimate of drug-likeness (QED) is 0.868. The molecule has 1 fully saturated rings. The van der Waals surface area contributed by atoms with Gasteiger partial charge < -0.3 is 10.8 Å². The molecule has 0 saturated heterocycles. The second-order valence-corrected chi connectivity index (χ2v) is 5.23. The Morgan fingerprint density at radius 2 is 2.20 bits per heavy atom. The molecule has 4 heteroatoms. The summed E-state index contributed by atoms with van der Waals surface area (Å²) in [7, 11) is 0. The van der Waals surface area contributed by atoms with Gasteiger partial charge in [-0.3, -0.25) is 0 Å². The number of hydrogen-bond donors (Lipinski definition) is 2. The molecule has 0 heterocycles. The van der Waals surface area contributed by atoms with E-state index >= 15 is 0 Å². The fourth-order valence-corrected chi connectivity index (χ4v) is 2.30. The standard InChI is InChI=1S/C11H13BrFNO/c1-11(14,8-5-10(8)15)7-4-6(12)2-3-9(7)13/h2-4,8,10,15H,5,14H2,1H3/t8-,10?,11+/m1/s1. The topological polar surface area (TPSA) is 46.2 Å². The van der Waals surface area contributed by atoms with Crippen LogP contribution < -0.4 is 5.73 Å². The highest BCUT2D eigenvalue weighted by molar-refractivity contribution is 9.10. The summed E-state index contributed by atoms with van der Waals surface area (Å²) in [6, 6.07) is 4.71. The zero-order chi connectivity index (χ0) is 11.2. The van der Waals surface area contributed by atoms with Crippen LogP contribution in [-0.4, -0.2) is 11.2 Å². The van der Waals surface area contributed by atoms with Gasteiger partial charge >= 0.3 is 0 Å². The van der Waals surface area contributed by atoms with Crippen LogP contribution in [0.2, 0.25) is 0 Å². The maximum atomic E-state index is 13.6. The average molecular weight is 274 g/mol. The zero-order valence-electron chi connectivity index (χ0n) is 8.37. The van der Waals surface area contributed by atoms with Gasteiger partial charge in [0.2, 0.25) is 0 Å². The van der Waals surface area contributed by atoms with Crippen molar-refractivity contribution >= 4 is 15.9 Å². The van der Waals surface area contributed by atoms with Crippen LogP contribution in [0, 0.1) is 11.7 Å². The lowest BCUT2D eigenvalue weighted by Crippen LogP contribution is -2.37. The third-order valence-corrected chi connectivity index (χ3v) is 3.53. The number of rotatable bonds is 2. The lowest BCUT2D eigenvalue weighted by Gasteiger charge is -2.25. The van der Waals surface area contributed by atoms with E-state index in [4.69, 9.17) is 5.73 Å². The predicted molar refractivity (Wildman–Crippen MR) is 59.8 cm³/mol. The van der Waals surface area contributed by atoms with Crippen molar-refractivity contribution in [1.82, 2.24) is 0 Å². The van der Waals surface area contributed by atoms with Gasteiger partial charge in [0, 0.05) is 21.5 Å². The number of nitrogens with two attached hydrogens (primary N) is 1. The molecule has 1 unspecified atom stereocenters. The number of hydrogen-bond acceptors (Lipinski definition) is 2. The molecule has 15 heavy (non-hydrogen) atoms. The fourth-order valence-electron chi connectivity index (χ4n) is 1.94. The predicted octanol–water partition coefficient (Wildman–Crippen LogP) is 2.14. The average Bonchev–Trinajstić information content (AvgIpc) is 2.87. The molecule has 3 N–H and O–H groups in total. The van der Waals surface area contributed by atoms with Crippen LogP contribution in [0.1, 0.15) is 18.9 Å². The van der Waals surface area contributed by atoms with Gasteiger partial charge in [0.05, 0.1) is 6.10 Å². The van der Waals surface area contributed by atoms with Crippen molar-refractivity contribution in [2.24, 2.45) is 11.7 Å². The maximum Gasteiger partial charge on any atom is 0.128 e. The van der Waals surface area contributed by atoms with Crippen LogP contribution in [0.4, 0.5) is 4.39 Å². The monoisotopic (exact) mass is 273 g/mol. The molecule has 1 aromatic carbocycles. The highest BCUT2D eigenvalue weighted by Gasteiger charge is 2.49. The van der Waals surface area contributed by atoms with Crippen molar-refractivity contribution in [2.45, 2.75) is 25.0 Å². The molecule has 2 nitrogen and oxygen atoms in total. The van der Waals surface area contributed by atoms with E-state index in [0.717, 1.165) is 4.47 Å². The van der Waals surface area contributed by atoms with Gasteiger partial charge in [-0.25, -0.2) is 4.39 Å². The molecule has 3 atom stereocenters. The molecule has 1 aromatic rings. The third-order valence-electron chi connectivity index (χ3n) is 3.04. The highest BCUT2D eigenvalue weighted by atomic mass is 79.9. The first-order valence-electron chi connectivity index (χ1n) is 4.85. The fraction of sp³-hybridized carbons (Fsp3) is 0.455. The minimum atomic E-state index is -0.798. The second kappa shape index (κ2) is 3.54. The Labute approximate surface area is 96.4 Å². The third kappa shape index (κ3) is 1.94. The minimum absolute atomic E-state index is 0.0405. The molecule has 0 amide bonds. The van der Waals surface area contributed by atoms with Crippen molar-refractivity contribution in [3.63, 3.8) is 0 Å². The van der Waals surface area contributed by atoms with Crippen molar-refractivity contribution in [1.29, 1.82) is 0 Å². The van der Waals surface area contributed by atoms with Crippen LogP contribution in [0.3, 0.4) is 0 Å². The van der Waals surface area contributed by atoms with Gasteiger partial charge in [-0.2, -0.15) is 0 Å². The molecule has 0 spiro atoms. The summed E-state index contributed by atoms with van der Waals surface area (Å²) in [4.78, 5) is 0. The van der Waals surface area contributed by atoms with E-state index < -0.39 is 11.6 Å². The van der Waals surface area contributed by atoms with E-state index in [9.17, 15) is 9.50 Å². The van der Waals surface area contributed by atoms with E-state index in [-0.39, 0.29) is 11.7 Å². The first-order valence-corrected chi connectivity index (χ1v) is 5.64. The number of aliphatic hydroxyl groups is 1. The molecular weight excluding hydrogens is 261 g/mol. The molecule has 1 saturated carbocycles. The molecule has 1 aliphatic rings. The normalized spacial score (nSPS) is 28.6. The Balaban J connectivity index is 2.39. The summed E-state index contributed by atoms with van der Waals surface area (Å²) in [6.45, 7) is 1.76. The maximum absolute atomic E-state index is 13.6. The zero-order valence-corrected chi connectivity index (χ0v) is 9.96. The van der Waals surface area contributed by atoms with Crippen LogP contribution in [0.5, 0.6) is 0 Å². The summed E-state index contributed by atoms with van der Waals surface area (Å²) in [6.07, 6.45) is 0.261. The van der Waals surface area contributed by atoms with Crippen molar-refractivity contribution in [3.05, 3.63) is 34.1 Å². The smallest absolute Gasteiger partial charge is 0.128 e. The lowest BCUT2D eigenvalue weighted by atomic mass is 9.87.